The molecular formula is C24H28N2O5. The number of aryl methyl sites for hydroxylation is 1. The van der Waals surface area contributed by atoms with Crippen LogP contribution in [0, 0.1) is 0 Å². The predicted molar refractivity (Wildman–Crippen MR) is 116 cm³/mol. The summed E-state index contributed by atoms with van der Waals surface area (Å²) in [6.07, 6.45) is 2.19. The average molecular weight is 424 g/mol. The monoisotopic (exact) mass is 424 g/mol. The Kier molecular flexibility index (Phi) is 7.65. The number of nitrogens with zero attached hydrogens (tertiary/aromatic N) is 1. The summed E-state index contributed by atoms with van der Waals surface area (Å²) in [5.74, 6) is 0.376. The molecule has 0 unspecified atom stereocenters. The van der Waals surface area contributed by atoms with Gasteiger partial charge in [-0.3, -0.25) is 14.4 Å². The fourth-order valence-electron chi connectivity index (χ4n) is 3.58. The lowest BCUT2D eigenvalue weighted by molar-refractivity contribution is -0.134. The van der Waals surface area contributed by atoms with E-state index in [-0.39, 0.29) is 24.5 Å². The van der Waals surface area contributed by atoms with E-state index in [9.17, 15) is 14.4 Å². The van der Waals surface area contributed by atoms with Crippen LogP contribution in [-0.4, -0.2) is 48.4 Å². The average Bonchev–Trinajstić information content (AvgIpc) is 2.78. The summed E-state index contributed by atoms with van der Waals surface area (Å²) < 4.78 is 10.8. The molecule has 1 saturated heterocycles. The Labute approximate surface area is 182 Å². The smallest absolute Gasteiger partial charge is 0.308 e. The third kappa shape index (κ3) is 6.31. The summed E-state index contributed by atoms with van der Waals surface area (Å²) in [4.78, 5) is 37.9. The molecule has 0 aromatic heterocycles. The minimum Gasteiger partial charge on any atom is -0.483 e. The summed E-state index contributed by atoms with van der Waals surface area (Å²) in [6, 6.07) is 14.2. The molecule has 0 aliphatic carbocycles. The van der Waals surface area contributed by atoms with E-state index in [2.05, 4.69) is 12.2 Å². The largest absolute Gasteiger partial charge is 0.483 e. The first-order valence-electron chi connectivity index (χ1n) is 10.5. The number of carbonyl (C=O) groups is 3. The van der Waals surface area contributed by atoms with Crippen LogP contribution in [0.3, 0.4) is 0 Å². The van der Waals surface area contributed by atoms with Gasteiger partial charge in [0.1, 0.15) is 11.5 Å². The van der Waals surface area contributed by atoms with Crippen LogP contribution in [0.15, 0.2) is 48.5 Å². The van der Waals surface area contributed by atoms with Gasteiger partial charge in [0.05, 0.1) is 0 Å². The highest BCUT2D eigenvalue weighted by Crippen LogP contribution is 2.19. The van der Waals surface area contributed by atoms with Crippen molar-refractivity contribution in [3.63, 3.8) is 0 Å². The lowest BCUT2D eigenvalue weighted by Crippen LogP contribution is -2.47. The van der Waals surface area contributed by atoms with E-state index in [0.717, 1.165) is 17.7 Å². The van der Waals surface area contributed by atoms with E-state index < -0.39 is 5.97 Å². The number of piperidine rings is 1. The van der Waals surface area contributed by atoms with Crippen molar-refractivity contribution in [1.29, 1.82) is 0 Å². The van der Waals surface area contributed by atoms with E-state index >= 15 is 0 Å². The number of carbonyl (C=O) groups excluding carboxylic acids is 3. The second kappa shape index (κ2) is 10.6. The standard InChI is InChI=1S/C24H28N2O5/c1-3-18-7-4-5-10-22(18)30-16-23(28)26-13-11-20(12-14-26)25-24(29)19-8-6-9-21(15-19)31-17(2)27/h4-10,15,20H,3,11-14,16H2,1-2H3,(H,25,29). The van der Waals surface area contributed by atoms with Crippen molar-refractivity contribution in [2.24, 2.45) is 0 Å². The lowest BCUT2D eigenvalue weighted by atomic mass is 10.0. The van der Waals surface area contributed by atoms with Gasteiger partial charge in [0.2, 0.25) is 0 Å². The molecule has 164 valence electrons. The molecule has 1 fully saturated rings. The van der Waals surface area contributed by atoms with Crippen LogP contribution in [0.4, 0.5) is 0 Å². The molecule has 1 aliphatic rings. The topological polar surface area (TPSA) is 84.9 Å². The third-order valence-corrected chi connectivity index (χ3v) is 5.25. The Bertz CT molecular complexity index is 935. The molecule has 2 amide bonds. The number of hydrogen-bond donors (Lipinski definition) is 1. The molecular weight excluding hydrogens is 396 g/mol. The van der Waals surface area contributed by atoms with Crippen molar-refractivity contribution in [1.82, 2.24) is 10.2 Å². The minimum absolute atomic E-state index is 0.0109. The number of amides is 2. The molecule has 31 heavy (non-hydrogen) atoms. The summed E-state index contributed by atoms with van der Waals surface area (Å²) in [7, 11) is 0. The van der Waals surface area contributed by atoms with Crippen molar-refractivity contribution < 1.29 is 23.9 Å². The van der Waals surface area contributed by atoms with Crippen LogP contribution in [0.25, 0.3) is 0 Å². The lowest BCUT2D eigenvalue weighted by Gasteiger charge is -2.32. The van der Waals surface area contributed by atoms with Crippen LogP contribution < -0.4 is 14.8 Å². The number of likely N-dealkylation sites (tertiary alicyclic amines) is 1. The first-order chi connectivity index (χ1) is 15.0. The van der Waals surface area contributed by atoms with Crippen molar-refractivity contribution in [3.8, 4) is 11.5 Å². The van der Waals surface area contributed by atoms with Crippen LogP contribution in [0.5, 0.6) is 11.5 Å². The fraction of sp³-hybridized carbons (Fsp3) is 0.375. The molecule has 0 radical (unpaired) electrons. The molecule has 0 saturated carbocycles. The molecule has 3 rings (SSSR count). The maximum absolute atomic E-state index is 12.5. The Morgan fingerprint density at radius 3 is 2.52 bits per heavy atom. The highest BCUT2D eigenvalue weighted by molar-refractivity contribution is 5.95. The van der Waals surface area contributed by atoms with Gasteiger partial charge in [-0.1, -0.05) is 31.2 Å². The first-order valence-corrected chi connectivity index (χ1v) is 10.5. The number of hydrogen-bond acceptors (Lipinski definition) is 5. The summed E-state index contributed by atoms with van der Waals surface area (Å²) in [5.41, 5.74) is 1.51. The number of esters is 1. The van der Waals surface area contributed by atoms with Crippen LogP contribution >= 0.6 is 0 Å². The van der Waals surface area contributed by atoms with Gasteiger partial charge in [-0.25, -0.2) is 0 Å². The zero-order valence-electron chi connectivity index (χ0n) is 17.9. The summed E-state index contributed by atoms with van der Waals surface area (Å²) in [6.45, 7) is 4.51. The maximum atomic E-state index is 12.5. The summed E-state index contributed by atoms with van der Waals surface area (Å²) in [5, 5.41) is 3.00. The first kappa shape index (κ1) is 22.3. The van der Waals surface area contributed by atoms with Gasteiger partial charge in [-0.15, -0.1) is 0 Å². The van der Waals surface area contributed by atoms with Gasteiger partial charge in [0.15, 0.2) is 6.61 Å². The van der Waals surface area contributed by atoms with Crippen molar-refractivity contribution in [2.75, 3.05) is 19.7 Å². The molecule has 0 spiro atoms. The van der Waals surface area contributed by atoms with E-state index in [1.165, 1.54) is 6.92 Å². The van der Waals surface area contributed by atoms with Gasteiger partial charge in [-0.2, -0.15) is 0 Å². The molecule has 0 atom stereocenters. The van der Waals surface area contributed by atoms with E-state index in [1.54, 1.807) is 29.2 Å². The normalized spacial score (nSPS) is 14.1. The molecule has 0 bridgehead atoms. The van der Waals surface area contributed by atoms with Gasteiger partial charge >= 0.3 is 5.97 Å². The van der Waals surface area contributed by atoms with Crippen LogP contribution in [0.1, 0.15) is 42.6 Å². The third-order valence-electron chi connectivity index (χ3n) is 5.25. The molecule has 2 aromatic rings. The SMILES string of the molecule is CCc1ccccc1OCC(=O)N1CCC(NC(=O)c2cccc(OC(C)=O)c2)CC1. The Hall–Kier alpha value is -3.35. The zero-order chi connectivity index (χ0) is 22.2. The van der Waals surface area contributed by atoms with E-state index in [4.69, 9.17) is 9.47 Å². The van der Waals surface area contributed by atoms with Crippen LogP contribution in [0.2, 0.25) is 0 Å². The number of para-hydroxylation sites is 1. The highest BCUT2D eigenvalue weighted by Gasteiger charge is 2.24. The zero-order valence-corrected chi connectivity index (χ0v) is 17.9. The van der Waals surface area contributed by atoms with Gasteiger partial charge in [-0.05, 0) is 49.1 Å². The predicted octanol–water partition coefficient (Wildman–Crippen LogP) is 2.97. The molecule has 7 nitrogen and oxygen atoms in total. The second-order valence-corrected chi connectivity index (χ2v) is 7.50. The molecule has 1 N–H and O–H groups in total. The minimum atomic E-state index is -0.434. The van der Waals surface area contributed by atoms with Gasteiger partial charge in [0.25, 0.3) is 11.8 Å². The van der Waals surface area contributed by atoms with Crippen LogP contribution in [-0.2, 0) is 16.0 Å². The molecule has 1 aliphatic heterocycles. The van der Waals surface area contributed by atoms with Crippen molar-refractivity contribution >= 4 is 17.8 Å². The second-order valence-electron chi connectivity index (χ2n) is 7.50. The maximum Gasteiger partial charge on any atom is 0.308 e. The number of benzene rings is 2. The van der Waals surface area contributed by atoms with Gasteiger partial charge < -0.3 is 19.7 Å². The quantitative estimate of drug-likeness (QED) is 0.546. The molecule has 2 aromatic carbocycles. The fourth-order valence-corrected chi connectivity index (χ4v) is 3.58. The Morgan fingerprint density at radius 2 is 1.81 bits per heavy atom. The number of ether oxygens (including phenoxy) is 2. The van der Waals surface area contributed by atoms with Gasteiger partial charge in [0, 0.05) is 31.6 Å². The highest BCUT2D eigenvalue weighted by atomic mass is 16.5. The van der Waals surface area contributed by atoms with Crippen molar-refractivity contribution in [2.45, 2.75) is 39.2 Å². The van der Waals surface area contributed by atoms with E-state index in [0.29, 0.717) is 37.2 Å². The van der Waals surface area contributed by atoms with Crippen molar-refractivity contribution in [3.05, 3.63) is 59.7 Å². The number of rotatable bonds is 7. The number of nitrogens with one attached hydrogen (secondary N) is 1. The molecule has 1 heterocycles. The van der Waals surface area contributed by atoms with E-state index in [1.807, 2.05) is 24.3 Å². The Morgan fingerprint density at radius 1 is 1.06 bits per heavy atom. The molecule has 7 heteroatoms. The summed E-state index contributed by atoms with van der Waals surface area (Å²) >= 11 is 0. The Balaban J connectivity index is 1.46.